The van der Waals surface area contributed by atoms with Crippen molar-refractivity contribution in [2.24, 2.45) is 5.92 Å². The van der Waals surface area contributed by atoms with Crippen molar-refractivity contribution in [2.45, 2.75) is 17.7 Å². The Morgan fingerprint density at radius 2 is 1.92 bits per heavy atom. The van der Waals surface area contributed by atoms with E-state index in [0.29, 0.717) is 22.9 Å². The summed E-state index contributed by atoms with van der Waals surface area (Å²) >= 11 is 12.8. The van der Waals surface area contributed by atoms with Crippen molar-refractivity contribution in [3.05, 3.63) is 44.8 Å². The highest BCUT2D eigenvalue weighted by Crippen LogP contribution is 2.36. The number of thiophene rings is 1. The number of rotatable bonds is 4. The van der Waals surface area contributed by atoms with Crippen molar-refractivity contribution in [3.8, 4) is 0 Å². The minimum atomic E-state index is -3.74. The second kappa shape index (κ2) is 7.82. The minimum Gasteiger partial charge on any atom is -0.326 e. The molecule has 1 aliphatic rings. The first kappa shape index (κ1) is 19.6. The number of piperidine rings is 1. The molecule has 0 spiro atoms. The van der Waals surface area contributed by atoms with Crippen LogP contribution in [-0.2, 0) is 14.8 Å². The summed E-state index contributed by atoms with van der Waals surface area (Å²) in [6.07, 6.45) is 0.742. The first-order valence-corrected chi connectivity index (χ1v) is 10.8. The Balaban J connectivity index is 1.63. The summed E-state index contributed by atoms with van der Waals surface area (Å²) in [5, 5.41) is 2.67. The molecule has 140 valence electrons. The third-order valence-electron chi connectivity index (χ3n) is 4.16. The van der Waals surface area contributed by atoms with Crippen molar-refractivity contribution < 1.29 is 17.6 Å². The number of halogens is 3. The summed E-state index contributed by atoms with van der Waals surface area (Å²) < 4.78 is 40.3. The molecule has 5 nitrogen and oxygen atoms in total. The van der Waals surface area contributed by atoms with Gasteiger partial charge in [0.1, 0.15) is 15.0 Å². The first-order chi connectivity index (χ1) is 12.3. The second-order valence-corrected chi connectivity index (χ2v) is 10.1. The number of amides is 1. The van der Waals surface area contributed by atoms with Gasteiger partial charge in [0, 0.05) is 24.7 Å². The topological polar surface area (TPSA) is 66.5 Å². The van der Waals surface area contributed by atoms with Crippen molar-refractivity contribution in [2.75, 3.05) is 18.4 Å². The number of anilines is 1. The molecule has 1 amide bonds. The van der Waals surface area contributed by atoms with Crippen LogP contribution < -0.4 is 5.32 Å². The minimum absolute atomic E-state index is 0.00294. The van der Waals surface area contributed by atoms with Gasteiger partial charge in [0.25, 0.3) is 0 Å². The lowest BCUT2D eigenvalue weighted by Crippen LogP contribution is -2.41. The van der Waals surface area contributed by atoms with Gasteiger partial charge in [0.2, 0.25) is 15.9 Å². The van der Waals surface area contributed by atoms with E-state index in [1.54, 1.807) is 6.07 Å². The van der Waals surface area contributed by atoms with E-state index in [-0.39, 0.29) is 34.1 Å². The van der Waals surface area contributed by atoms with Gasteiger partial charge in [-0.25, -0.2) is 12.8 Å². The van der Waals surface area contributed by atoms with Crippen molar-refractivity contribution >= 4 is 56.2 Å². The van der Waals surface area contributed by atoms with Crippen LogP contribution in [0.3, 0.4) is 0 Å². The lowest BCUT2D eigenvalue weighted by molar-refractivity contribution is -0.120. The molecular weight excluding hydrogens is 422 g/mol. The molecule has 3 rings (SSSR count). The zero-order chi connectivity index (χ0) is 18.9. The van der Waals surface area contributed by atoms with Crippen molar-refractivity contribution in [1.29, 1.82) is 0 Å². The number of carbonyl (C=O) groups is 1. The Bertz CT molecular complexity index is 925. The normalized spacial score (nSPS) is 16.6. The highest BCUT2D eigenvalue weighted by atomic mass is 35.5. The van der Waals surface area contributed by atoms with Crippen LogP contribution in [0.5, 0.6) is 0 Å². The molecule has 1 saturated heterocycles. The van der Waals surface area contributed by atoms with Crippen molar-refractivity contribution in [3.63, 3.8) is 0 Å². The lowest BCUT2D eigenvalue weighted by atomic mass is 9.97. The summed E-state index contributed by atoms with van der Waals surface area (Å²) in [7, 11) is -3.74. The van der Waals surface area contributed by atoms with Gasteiger partial charge in [-0.2, -0.15) is 4.31 Å². The Kier molecular flexibility index (Phi) is 5.88. The van der Waals surface area contributed by atoms with Gasteiger partial charge >= 0.3 is 0 Å². The van der Waals surface area contributed by atoms with E-state index >= 15 is 0 Å². The van der Waals surface area contributed by atoms with E-state index in [4.69, 9.17) is 23.2 Å². The molecule has 0 radical (unpaired) electrons. The quantitative estimate of drug-likeness (QED) is 0.779. The summed E-state index contributed by atoms with van der Waals surface area (Å²) in [6, 6.07) is 6.98. The standard InChI is InChI=1S/C16H15Cl2FN2O3S2/c17-14-9-13(15(18)25-14)26(23,24)21-6-4-10(5-7-21)16(22)20-12-3-1-2-11(19)8-12/h1-3,8-10H,4-7H2,(H,20,22). The molecule has 1 aromatic heterocycles. The van der Waals surface area contributed by atoms with Gasteiger partial charge in [0.15, 0.2) is 0 Å². The monoisotopic (exact) mass is 436 g/mol. The summed E-state index contributed by atoms with van der Waals surface area (Å²) in [6.45, 7) is 0.404. The van der Waals surface area contributed by atoms with Crippen LogP contribution in [0.2, 0.25) is 8.67 Å². The summed E-state index contributed by atoms with van der Waals surface area (Å²) in [4.78, 5) is 12.3. The average Bonchev–Trinajstić information content (AvgIpc) is 2.94. The number of hydrogen-bond donors (Lipinski definition) is 1. The molecule has 2 aromatic rings. The molecule has 0 bridgehead atoms. The maximum absolute atomic E-state index is 13.2. The Morgan fingerprint density at radius 1 is 1.23 bits per heavy atom. The zero-order valence-corrected chi connectivity index (χ0v) is 16.6. The summed E-state index contributed by atoms with van der Waals surface area (Å²) in [5.74, 6) is -1.02. The van der Waals surface area contributed by atoms with Crippen LogP contribution in [-0.4, -0.2) is 31.7 Å². The van der Waals surface area contributed by atoms with E-state index in [2.05, 4.69) is 5.32 Å². The molecule has 0 aliphatic carbocycles. The second-order valence-electron chi connectivity index (χ2n) is 5.87. The van der Waals surface area contributed by atoms with Crippen LogP contribution in [0.15, 0.2) is 35.2 Å². The fourth-order valence-corrected chi connectivity index (χ4v) is 6.39. The van der Waals surface area contributed by atoms with Crippen LogP contribution >= 0.6 is 34.5 Å². The molecule has 1 N–H and O–H groups in total. The molecular formula is C16H15Cl2FN2O3S2. The smallest absolute Gasteiger partial charge is 0.245 e. The highest BCUT2D eigenvalue weighted by molar-refractivity contribution is 7.89. The number of nitrogens with one attached hydrogen (secondary N) is 1. The van der Waals surface area contributed by atoms with Crippen LogP contribution in [0.25, 0.3) is 0 Å². The molecule has 1 aromatic carbocycles. The van der Waals surface area contributed by atoms with Crippen LogP contribution in [0.1, 0.15) is 12.8 Å². The van der Waals surface area contributed by atoms with Crippen molar-refractivity contribution in [1.82, 2.24) is 4.31 Å². The fraction of sp³-hybridized carbons (Fsp3) is 0.312. The van der Waals surface area contributed by atoms with Crippen LogP contribution in [0.4, 0.5) is 10.1 Å². The number of sulfonamides is 1. The molecule has 0 atom stereocenters. The zero-order valence-electron chi connectivity index (χ0n) is 13.4. The Labute approximate surface area is 164 Å². The van der Waals surface area contributed by atoms with Crippen LogP contribution in [0, 0.1) is 11.7 Å². The van der Waals surface area contributed by atoms with Gasteiger partial charge < -0.3 is 5.32 Å². The van der Waals surface area contributed by atoms with E-state index in [1.807, 2.05) is 0 Å². The molecule has 1 aliphatic heterocycles. The average molecular weight is 437 g/mol. The Hall–Kier alpha value is -1.19. The van der Waals surface area contributed by atoms with Gasteiger partial charge in [-0.05, 0) is 37.1 Å². The SMILES string of the molecule is O=C(Nc1cccc(F)c1)C1CCN(S(=O)(=O)c2cc(Cl)sc2Cl)CC1. The molecule has 26 heavy (non-hydrogen) atoms. The molecule has 10 heteroatoms. The first-order valence-electron chi connectivity index (χ1n) is 7.79. The van der Waals surface area contributed by atoms with E-state index in [0.717, 1.165) is 11.3 Å². The lowest BCUT2D eigenvalue weighted by Gasteiger charge is -2.30. The Morgan fingerprint density at radius 3 is 2.50 bits per heavy atom. The van der Waals surface area contributed by atoms with E-state index < -0.39 is 15.8 Å². The molecule has 0 unspecified atom stereocenters. The van der Waals surface area contributed by atoms with Gasteiger partial charge in [-0.3, -0.25) is 4.79 Å². The summed E-state index contributed by atoms with van der Waals surface area (Å²) in [5.41, 5.74) is 0.379. The third kappa shape index (κ3) is 4.20. The molecule has 0 saturated carbocycles. The fourth-order valence-electron chi connectivity index (χ4n) is 2.81. The highest BCUT2D eigenvalue weighted by Gasteiger charge is 2.34. The van der Waals surface area contributed by atoms with E-state index in [9.17, 15) is 17.6 Å². The molecule has 1 fully saturated rings. The predicted molar refractivity (Wildman–Crippen MR) is 101 cm³/mol. The number of carbonyl (C=O) groups excluding carboxylic acids is 1. The number of hydrogen-bond acceptors (Lipinski definition) is 4. The predicted octanol–water partition coefficient (Wildman–Crippen LogP) is 4.23. The largest absolute Gasteiger partial charge is 0.326 e. The molecule has 2 heterocycles. The van der Waals surface area contributed by atoms with Gasteiger partial charge in [-0.15, -0.1) is 11.3 Å². The number of nitrogens with zero attached hydrogens (tertiary/aromatic N) is 1. The van der Waals surface area contributed by atoms with Gasteiger partial charge in [-0.1, -0.05) is 29.3 Å². The number of benzene rings is 1. The maximum atomic E-state index is 13.2. The van der Waals surface area contributed by atoms with Gasteiger partial charge in [0.05, 0.1) is 4.34 Å². The maximum Gasteiger partial charge on any atom is 0.245 e. The van der Waals surface area contributed by atoms with E-state index in [1.165, 1.54) is 28.6 Å². The third-order valence-corrected chi connectivity index (χ3v) is 7.81.